The third kappa shape index (κ3) is 3.01. The third-order valence-corrected chi connectivity index (χ3v) is 3.16. The van der Waals surface area contributed by atoms with Crippen molar-refractivity contribution >= 4 is 0 Å². The molecule has 0 heterocycles. The van der Waals surface area contributed by atoms with Crippen molar-refractivity contribution in [2.75, 3.05) is 14.2 Å². The number of hydrogen-bond donors (Lipinski definition) is 1. The SMILES string of the molecule is CNC(c1c(C)cc(C)cc1OC)C(C)(C)C. The average molecular weight is 235 g/mol. The lowest BCUT2D eigenvalue weighted by Crippen LogP contribution is -2.30. The van der Waals surface area contributed by atoms with Gasteiger partial charge in [0, 0.05) is 11.6 Å². The van der Waals surface area contributed by atoms with Gasteiger partial charge < -0.3 is 10.1 Å². The second-order valence-electron chi connectivity index (χ2n) is 5.79. The van der Waals surface area contributed by atoms with E-state index in [4.69, 9.17) is 4.74 Å². The Hall–Kier alpha value is -1.02. The highest BCUT2D eigenvalue weighted by Crippen LogP contribution is 2.39. The Bertz CT molecular complexity index is 391. The molecule has 2 heteroatoms. The van der Waals surface area contributed by atoms with Gasteiger partial charge in [0.1, 0.15) is 5.75 Å². The average Bonchev–Trinajstić information content (AvgIpc) is 2.19. The van der Waals surface area contributed by atoms with E-state index in [1.807, 2.05) is 7.05 Å². The summed E-state index contributed by atoms with van der Waals surface area (Å²) in [5.41, 5.74) is 3.96. The van der Waals surface area contributed by atoms with Crippen LogP contribution < -0.4 is 10.1 Å². The zero-order valence-electron chi connectivity index (χ0n) is 12.1. The van der Waals surface area contributed by atoms with Gasteiger partial charge in [-0.25, -0.2) is 0 Å². The molecule has 1 aromatic rings. The summed E-state index contributed by atoms with van der Waals surface area (Å²) in [6, 6.07) is 4.62. The Morgan fingerprint density at radius 1 is 1.18 bits per heavy atom. The highest BCUT2D eigenvalue weighted by molar-refractivity contribution is 5.45. The fraction of sp³-hybridized carbons (Fsp3) is 0.600. The Morgan fingerprint density at radius 3 is 2.18 bits per heavy atom. The summed E-state index contributed by atoms with van der Waals surface area (Å²) in [4.78, 5) is 0. The number of ether oxygens (including phenoxy) is 1. The zero-order valence-corrected chi connectivity index (χ0v) is 12.1. The topological polar surface area (TPSA) is 21.3 Å². The van der Waals surface area contributed by atoms with Gasteiger partial charge in [-0.2, -0.15) is 0 Å². The maximum Gasteiger partial charge on any atom is 0.124 e. The monoisotopic (exact) mass is 235 g/mol. The van der Waals surface area contributed by atoms with Gasteiger partial charge >= 0.3 is 0 Å². The maximum absolute atomic E-state index is 5.54. The van der Waals surface area contributed by atoms with Gasteiger partial charge in [0.05, 0.1) is 7.11 Å². The summed E-state index contributed by atoms with van der Waals surface area (Å²) in [6.45, 7) is 11.0. The molecule has 0 aliphatic carbocycles. The Kier molecular flexibility index (Phi) is 4.21. The van der Waals surface area contributed by atoms with Crippen molar-refractivity contribution in [1.29, 1.82) is 0 Å². The van der Waals surface area contributed by atoms with Gasteiger partial charge in [-0.3, -0.25) is 0 Å². The molecule has 0 bridgehead atoms. The minimum Gasteiger partial charge on any atom is -0.496 e. The van der Waals surface area contributed by atoms with Crippen molar-refractivity contribution in [2.24, 2.45) is 5.41 Å². The van der Waals surface area contributed by atoms with Gasteiger partial charge in [0.2, 0.25) is 0 Å². The van der Waals surface area contributed by atoms with Gasteiger partial charge in [0.25, 0.3) is 0 Å². The summed E-state index contributed by atoms with van der Waals surface area (Å²) >= 11 is 0. The standard InChI is InChI=1S/C15H25NO/c1-10-8-11(2)13(12(9-10)17-7)14(16-6)15(3,4)5/h8-9,14,16H,1-7H3. The lowest BCUT2D eigenvalue weighted by Gasteiger charge is -2.33. The molecule has 17 heavy (non-hydrogen) atoms. The largest absolute Gasteiger partial charge is 0.496 e. The first-order chi connectivity index (χ1) is 7.81. The van der Waals surface area contributed by atoms with Crippen LogP contribution in [0.25, 0.3) is 0 Å². The molecule has 1 unspecified atom stereocenters. The number of benzene rings is 1. The lowest BCUT2D eigenvalue weighted by molar-refractivity contribution is 0.276. The van der Waals surface area contributed by atoms with E-state index in [-0.39, 0.29) is 11.5 Å². The first-order valence-electron chi connectivity index (χ1n) is 6.13. The van der Waals surface area contributed by atoms with E-state index in [1.54, 1.807) is 7.11 Å². The van der Waals surface area contributed by atoms with Crippen LogP contribution in [-0.2, 0) is 0 Å². The molecule has 0 spiro atoms. The predicted octanol–water partition coefficient (Wildman–Crippen LogP) is 3.62. The molecule has 0 amide bonds. The normalized spacial score (nSPS) is 13.6. The van der Waals surface area contributed by atoms with Crippen LogP contribution >= 0.6 is 0 Å². The van der Waals surface area contributed by atoms with E-state index in [0.717, 1.165) is 5.75 Å². The van der Waals surface area contributed by atoms with Crippen LogP contribution in [0.3, 0.4) is 0 Å². The van der Waals surface area contributed by atoms with Crippen LogP contribution in [0.4, 0.5) is 0 Å². The number of hydrogen-bond acceptors (Lipinski definition) is 2. The van der Waals surface area contributed by atoms with Crippen molar-refractivity contribution < 1.29 is 4.74 Å². The smallest absolute Gasteiger partial charge is 0.124 e. The van der Waals surface area contributed by atoms with Crippen LogP contribution in [-0.4, -0.2) is 14.2 Å². The summed E-state index contributed by atoms with van der Waals surface area (Å²) in [7, 11) is 3.75. The van der Waals surface area contributed by atoms with Crippen molar-refractivity contribution in [3.05, 3.63) is 28.8 Å². The van der Waals surface area contributed by atoms with Crippen molar-refractivity contribution in [1.82, 2.24) is 5.32 Å². The first-order valence-corrected chi connectivity index (χ1v) is 6.13. The minimum atomic E-state index is 0.155. The van der Waals surface area contributed by atoms with Crippen LogP contribution in [0.2, 0.25) is 0 Å². The fourth-order valence-corrected chi connectivity index (χ4v) is 2.49. The molecule has 0 aliphatic rings. The molecular formula is C15H25NO. The quantitative estimate of drug-likeness (QED) is 0.864. The zero-order chi connectivity index (χ0) is 13.2. The molecule has 0 aromatic heterocycles. The van der Waals surface area contributed by atoms with Crippen LogP contribution in [0.15, 0.2) is 12.1 Å². The molecule has 1 atom stereocenters. The van der Waals surface area contributed by atoms with Gasteiger partial charge in [-0.15, -0.1) is 0 Å². The molecule has 0 aliphatic heterocycles. The second kappa shape index (κ2) is 5.09. The lowest BCUT2D eigenvalue weighted by atomic mass is 9.80. The molecule has 0 saturated carbocycles. The van der Waals surface area contributed by atoms with Crippen molar-refractivity contribution in [3.8, 4) is 5.75 Å². The maximum atomic E-state index is 5.54. The van der Waals surface area contributed by atoms with Crippen LogP contribution in [0, 0.1) is 19.3 Å². The van der Waals surface area contributed by atoms with E-state index in [9.17, 15) is 0 Å². The number of aryl methyl sites for hydroxylation is 2. The Morgan fingerprint density at radius 2 is 1.76 bits per heavy atom. The molecule has 1 rings (SSSR count). The second-order valence-corrected chi connectivity index (χ2v) is 5.79. The molecular weight excluding hydrogens is 210 g/mol. The van der Waals surface area contributed by atoms with Gasteiger partial charge in [-0.05, 0) is 43.5 Å². The summed E-state index contributed by atoms with van der Waals surface area (Å²) in [5, 5.41) is 3.41. The summed E-state index contributed by atoms with van der Waals surface area (Å²) < 4.78 is 5.54. The molecule has 0 radical (unpaired) electrons. The highest BCUT2D eigenvalue weighted by Gasteiger charge is 2.28. The summed E-state index contributed by atoms with van der Waals surface area (Å²) in [6.07, 6.45) is 0. The number of rotatable bonds is 3. The molecule has 96 valence electrons. The van der Waals surface area contributed by atoms with Crippen LogP contribution in [0.5, 0.6) is 5.75 Å². The van der Waals surface area contributed by atoms with Crippen molar-refractivity contribution in [2.45, 2.75) is 40.7 Å². The van der Waals surface area contributed by atoms with E-state index < -0.39 is 0 Å². The minimum absolute atomic E-state index is 0.155. The molecule has 0 saturated heterocycles. The Labute approximate surface area is 105 Å². The molecule has 1 N–H and O–H groups in total. The number of methoxy groups -OCH3 is 1. The highest BCUT2D eigenvalue weighted by atomic mass is 16.5. The van der Waals surface area contributed by atoms with E-state index >= 15 is 0 Å². The third-order valence-electron chi connectivity index (χ3n) is 3.16. The molecule has 1 aromatic carbocycles. The van der Waals surface area contributed by atoms with E-state index in [0.29, 0.717) is 0 Å². The summed E-state index contributed by atoms with van der Waals surface area (Å²) in [5.74, 6) is 0.983. The van der Waals surface area contributed by atoms with Crippen LogP contribution in [0.1, 0.15) is 43.5 Å². The number of nitrogens with one attached hydrogen (secondary N) is 1. The Balaban J connectivity index is 3.37. The molecule has 0 fully saturated rings. The first kappa shape index (κ1) is 14.0. The van der Waals surface area contributed by atoms with Gasteiger partial charge in [-0.1, -0.05) is 26.8 Å². The van der Waals surface area contributed by atoms with E-state index in [1.165, 1.54) is 16.7 Å². The van der Waals surface area contributed by atoms with Crippen molar-refractivity contribution in [3.63, 3.8) is 0 Å². The van der Waals surface area contributed by atoms with E-state index in [2.05, 4.69) is 52.1 Å². The predicted molar refractivity (Wildman–Crippen MR) is 73.7 cm³/mol. The molecule has 2 nitrogen and oxygen atoms in total. The van der Waals surface area contributed by atoms with Gasteiger partial charge in [0.15, 0.2) is 0 Å². The fourth-order valence-electron chi connectivity index (χ4n) is 2.49.